The highest BCUT2D eigenvalue weighted by molar-refractivity contribution is 5.22. The lowest BCUT2D eigenvalue weighted by Crippen LogP contribution is -2.28. The Morgan fingerprint density at radius 3 is 2.53 bits per heavy atom. The van der Waals surface area contributed by atoms with Crippen molar-refractivity contribution in [2.45, 2.75) is 33.2 Å². The molecule has 0 bridgehead atoms. The second-order valence-corrected chi connectivity index (χ2v) is 5.00. The average molecular weight is 257 g/mol. The van der Waals surface area contributed by atoms with Crippen LogP contribution in [-0.4, -0.2) is 22.9 Å². The van der Waals surface area contributed by atoms with Crippen LogP contribution >= 0.6 is 0 Å². The van der Waals surface area contributed by atoms with Gasteiger partial charge < -0.3 is 5.32 Å². The van der Waals surface area contributed by atoms with Gasteiger partial charge >= 0.3 is 0 Å². The first kappa shape index (κ1) is 13.8. The molecule has 1 unspecified atom stereocenters. The van der Waals surface area contributed by atoms with Gasteiger partial charge in [0.25, 0.3) is 0 Å². The second-order valence-electron chi connectivity index (χ2n) is 5.00. The molecule has 1 N–H and O–H groups in total. The lowest BCUT2D eigenvalue weighted by Gasteiger charge is -2.20. The number of nitrogens with zero attached hydrogens (tertiary/aromatic N) is 2. The fourth-order valence-electron chi connectivity index (χ4n) is 2.40. The molecule has 1 heterocycles. The Morgan fingerprint density at radius 2 is 1.95 bits per heavy atom. The molecule has 1 aromatic heterocycles. The molecule has 102 valence electrons. The van der Waals surface area contributed by atoms with Gasteiger partial charge in [-0.3, -0.25) is 4.68 Å². The van der Waals surface area contributed by atoms with E-state index in [9.17, 15) is 0 Å². The lowest BCUT2D eigenvalue weighted by molar-refractivity contribution is 0.470. The minimum Gasteiger partial charge on any atom is -0.314 e. The normalized spacial score (nSPS) is 12.6. The van der Waals surface area contributed by atoms with E-state index in [0.29, 0.717) is 0 Å². The summed E-state index contributed by atoms with van der Waals surface area (Å²) >= 11 is 0. The maximum Gasteiger partial charge on any atom is 0.0895 e. The van der Waals surface area contributed by atoms with Crippen molar-refractivity contribution in [1.29, 1.82) is 0 Å². The first-order valence-corrected chi connectivity index (χ1v) is 7.00. The number of nitrogens with one attached hydrogen (secondary N) is 1. The number of hydrogen-bond acceptors (Lipinski definition) is 2. The van der Waals surface area contributed by atoms with Gasteiger partial charge in [-0.25, -0.2) is 0 Å². The van der Waals surface area contributed by atoms with Crippen molar-refractivity contribution in [2.75, 3.05) is 13.1 Å². The predicted octanol–water partition coefficient (Wildman–Crippen LogP) is 3.09. The minimum atomic E-state index is 0.265. The number of rotatable bonds is 6. The maximum atomic E-state index is 4.64. The quantitative estimate of drug-likeness (QED) is 0.806. The highest BCUT2D eigenvalue weighted by Crippen LogP contribution is 2.19. The summed E-state index contributed by atoms with van der Waals surface area (Å²) in [5, 5.41) is 8.15. The largest absolute Gasteiger partial charge is 0.314 e. The zero-order valence-electron chi connectivity index (χ0n) is 12.1. The third-order valence-corrected chi connectivity index (χ3v) is 3.29. The van der Waals surface area contributed by atoms with Crippen LogP contribution in [0.3, 0.4) is 0 Å². The van der Waals surface area contributed by atoms with E-state index < -0.39 is 0 Å². The van der Waals surface area contributed by atoms with Gasteiger partial charge in [0.1, 0.15) is 0 Å². The number of aryl methyl sites for hydroxylation is 2. The molecule has 0 aliphatic heterocycles. The van der Waals surface area contributed by atoms with Crippen LogP contribution in [-0.2, 0) is 0 Å². The summed E-state index contributed by atoms with van der Waals surface area (Å²) < 4.78 is 2.13. The van der Waals surface area contributed by atoms with Crippen LogP contribution in [0.4, 0.5) is 0 Å². The van der Waals surface area contributed by atoms with E-state index in [2.05, 4.69) is 65.3 Å². The van der Waals surface area contributed by atoms with Crippen molar-refractivity contribution in [1.82, 2.24) is 15.1 Å². The fourth-order valence-corrected chi connectivity index (χ4v) is 2.40. The summed E-state index contributed by atoms with van der Waals surface area (Å²) in [7, 11) is 0. The molecular formula is C16H23N3. The average Bonchev–Trinajstić information content (AvgIpc) is 2.75. The Bertz CT molecular complexity index is 502. The van der Waals surface area contributed by atoms with Crippen LogP contribution in [0, 0.1) is 13.8 Å². The molecule has 1 aromatic carbocycles. The standard InChI is InChI=1S/C16H23N3/c1-4-10-17-12-16(15-8-6-5-7-9-15)19-14(3)11-13(2)18-19/h5-9,11,16-17H,4,10,12H2,1-3H3. The molecule has 0 saturated heterocycles. The molecule has 0 aliphatic carbocycles. The zero-order valence-corrected chi connectivity index (χ0v) is 12.1. The lowest BCUT2D eigenvalue weighted by atomic mass is 10.1. The van der Waals surface area contributed by atoms with Crippen molar-refractivity contribution < 1.29 is 0 Å². The summed E-state index contributed by atoms with van der Waals surface area (Å²) in [6.07, 6.45) is 1.15. The van der Waals surface area contributed by atoms with E-state index in [0.717, 1.165) is 25.2 Å². The molecule has 0 radical (unpaired) electrons. The Kier molecular flexibility index (Phi) is 4.74. The van der Waals surface area contributed by atoms with Gasteiger partial charge in [-0.2, -0.15) is 5.10 Å². The smallest absolute Gasteiger partial charge is 0.0895 e. The Balaban J connectivity index is 2.26. The molecule has 2 aromatic rings. The third kappa shape index (κ3) is 3.44. The zero-order chi connectivity index (χ0) is 13.7. The SMILES string of the molecule is CCCNCC(c1ccccc1)n1nc(C)cc1C. The van der Waals surface area contributed by atoms with Crippen LogP contribution < -0.4 is 5.32 Å². The fraction of sp³-hybridized carbons (Fsp3) is 0.438. The van der Waals surface area contributed by atoms with Crippen LogP contribution in [0.25, 0.3) is 0 Å². The van der Waals surface area contributed by atoms with E-state index in [1.54, 1.807) is 0 Å². The second kappa shape index (κ2) is 6.53. The van der Waals surface area contributed by atoms with E-state index >= 15 is 0 Å². The number of aromatic nitrogens is 2. The molecular weight excluding hydrogens is 234 g/mol. The minimum absolute atomic E-state index is 0.265. The van der Waals surface area contributed by atoms with Gasteiger partial charge in [0, 0.05) is 12.2 Å². The molecule has 3 nitrogen and oxygen atoms in total. The molecule has 0 saturated carbocycles. The van der Waals surface area contributed by atoms with Gasteiger partial charge in [-0.15, -0.1) is 0 Å². The van der Waals surface area contributed by atoms with Gasteiger partial charge in [-0.05, 0) is 38.4 Å². The summed E-state index contributed by atoms with van der Waals surface area (Å²) in [5.74, 6) is 0. The van der Waals surface area contributed by atoms with Gasteiger partial charge in [0.05, 0.1) is 11.7 Å². The highest BCUT2D eigenvalue weighted by Gasteiger charge is 2.16. The van der Waals surface area contributed by atoms with E-state index in [1.807, 2.05) is 6.92 Å². The molecule has 0 fully saturated rings. The maximum absolute atomic E-state index is 4.64. The predicted molar refractivity (Wildman–Crippen MR) is 79.4 cm³/mol. The molecule has 0 spiro atoms. The van der Waals surface area contributed by atoms with Crippen molar-refractivity contribution >= 4 is 0 Å². The number of benzene rings is 1. The summed E-state index contributed by atoms with van der Waals surface area (Å²) in [6.45, 7) is 8.32. The van der Waals surface area contributed by atoms with Crippen LogP contribution in [0.2, 0.25) is 0 Å². The van der Waals surface area contributed by atoms with Gasteiger partial charge in [0.15, 0.2) is 0 Å². The molecule has 3 heteroatoms. The Labute approximate surface area is 115 Å². The summed E-state index contributed by atoms with van der Waals surface area (Å²) in [5.41, 5.74) is 3.59. The molecule has 2 rings (SSSR count). The van der Waals surface area contributed by atoms with E-state index in [1.165, 1.54) is 11.3 Å². The first-order chi connectivity index (χ1) is 9.22. The third-order valence-electron chi connectivity index (χ3n) is 3.29. The summed E-state index contributed by atoms with van der Waals surface area (Å²) in [4.78, 5) is 0. The molecule has 0 aliphatic rings. The molecule has 1 atom stereocenters. The van der Waals surface area contributed by atoms with Crippen LogP contribution in [0.5, 0.6) is 0 Å². The van der Waals surface area contributed by atoms with Crippen molar-refractivity contribution in [2.24, 2.45) is 0 Å². The van der Waals surface area contributed by atoms with E-state index in [4.69, 9.17) is 0 Å². The monoisotopic (exact) mass is 257 g/mol. The van der Waals surface area contributed by atoms with Crippen molar-refractivity contribution in [3.05, 3.63) is 53.3 Å². The van der Waals surface area contributed by atoms with Crippen molar-refractivity contribution in [3.63, 3.8) is 0 Å². The molecule has 19 heavy (non-hydrogen) atoms. The van der Waals surface area contributed by atoms with Gasteiger partial charge in [-0.1, -0.05) is 37.3 Å². The number of hydrogen-bond donors (Lipinski definition) is 1. The van der Waals surface area contributed by atoms with Crippen LogP contribution in [0.15, 0.2) is 36.4 Å². The molecule has 0 amide bonds. The van der Waals surface area contributed by atoms with Crippen molar-refractivity contribution in [3.8, 4) is 0 Å². The first-order valence-electron chi connectivity index (χ1n) is 7.00. The Morgan fingerprint density at radius 1 is 1.21 bits per heavy atom. The van der Waals surface area contributed by atoms with Crippen LogP contribution in [0.1, 0.15) is 36.3 Å². The van der Waals surface area contributed by atoms with E-state index in [-0.39, 0.29) is 6.04 Å². The summed E-state index contributed by atoms with van der Waals surface area (Å²) in [6, 6.07) is 13.0. The Hall–Kier alpha value is -1.61. The van der Waals surface area contributed by atoms with Gasteiger partial charge in [0.2, 0.25) is 0 Å². The highest BCUT2D eigenvalue weighted by atomic mass is 15.3. The topological polar surface area (TPSA) is 29.9 Å².